The topological polar surface area (TPSA) is 64.4 Å². The number of hydrogen-bond donors (Lipinski definition) is 1. The van der Waals surface area contributed by atoms with Crippen molar-refractivity contribution in [3.63, 3.8) is 0 Å². The van der Waals surface area contributed by atoms with Gasteiger partial charge in [0.1, 0.15) is 11.5 Å². The molecule has 0 aliphatic heterocycles. The summed E-state index contributed by atoms with van der Waals surface area (Å²) >= 11 is 0. The van der Waals surface area contributed by atoms with Crippen molar-refractivity contribution < 1.29 is 14.1 Å². The lowest BCUT2D eigenvalue weighted by molar-refractivity contribution is -0.118. The number of amides is 1. The summed E-state index contributed by atoms with van der Waals surface area (Å²) in [5.74, 6) is 1.47. The van der Waals surface area contributed by atoms with Crippen molar-refractivity contribution in [1.29, 1.82) is 0 Å². The second-order valence-electron chi connectivity index (χ2n) is 5.26. The Morgan fingerprint density at radius 3 is 2.68 bits per heavy atom. The van der Waals surface area contributed by atoms with Gasteiger partial charge in [0, 0.05) is 6.07 Å². The Morgan fingerprint density at radius 1 is 1.27 bits per heavy atom. The van der Waals surface area contributed by atoms with Crippen molar-refractivity contribution in [2.24, 2.45) is 0 Å². The monoisotopic (exact) mass is 302 g/mol. The van der Waals surface area contributed by atoms with Gasteiger partial charge in [-0.1, -0.05) is 37.1 Å². The van der Waals surface area contributed by atoms with E-state index in [-0.39, 0.29) is 12.5 Å². The summed E-state index contributed by atoms with van der Waals surface area (Å²) < 4.78 is 10.3. The van der Waals surface area contributed by atoms with Crippen LogP contribution >= 0.6 is 0 Å². The van der Waals surface area contributed by atoms with Gasteiger partial charge in [0.2, 0.25) is 0 Å². The summed E-state index contributed by atoms with van der Waals surface area (Å²) in [6, 6.07) is 9.54. The maximum absolute atomic E-state index is 11.7. The van der Waals surface area contributed by atoms with Gasteiger partial charge in [-0.05, 0) is 37.5 Å². The number of aromatic nitrogens is 1. The molecule has 1 heterocycles. The smallest absolute Gasteiger partial charge is 0.263 e. The van der Waals surface area contributed by atoms with Crippen LogP contribution in [-0.2, 0) is 11.2 Å². The first-order chi connectivity index (χ1) is 10.7. The fraction of sp³-hybridized carbons (Fsp3) is 0.412. The van der Waals surface area contributed by atoms with Crippen LogP contribution in [0.25, 0.3) is 0 Å². The molecule has 0 unspecified atom stereocenters. The maximum Gasteiger partial charge on any atom is 0.263 e. The number of unbranched alkanes of at least 4 members (excludes halogenated alkanes) is 2. The molecule has 0 aliphatic carbocycles. The Labute approximate surface area is 130 Å². The van der Waals surface area contributed by atoms with E-state index >= 15 is 0 Å². The minimum atomic E-state index is -0.264. The number of benzene rings is 1. The van der Waals surface area contributed by atoms with E-state index in [1.165, 1.54) is 24.8 Å². The molecule has 5 nitrogen and oxygen atoms in total. The third-order valence-electron chi connectivity index (χ3n) is 3.26. The van der Waals surface area contributed by atoms with Gasteiger partial charge in [-0.15, -0.1) is 0 Å². The fourth-order valence-corrected chi connectivity index (χ4v) is 2.08. The number of rotatable bonds is 8. The highest BCUT2D eigenvalue weighted by Crippen LogP contribution is 2.14. The highest BCUT2D eigenvalue weighted by atomic mass is 16.5. The molecule has 0 bridgehead atoms. The molecular formula is C17H22N2O3. The Morgan fingerprint density at radius 2 is 2.05 bits per heavy atom. The molecule has 1 N–H and O–H groups in total. The molecule has 0 atom stereocenters. The summed E-state index contributed by atoms with van der Waals surface area (Å²) in [5.41, 5.74) is 1.29. The zero-order valence-corrected chi connectivity index (χ0v) is 13.1. The van der Waals surface area contributed by atoms with Crippen molar-refractivity contribution in [1.82, 2.24) is 5.16 Å². The third-order valence-corrected chi connectivity index (χ3v) is 3.26. The molecule has 0 fully saturated rings. The molecule has 1 aromatic carbocycles. The van der Waals surface area contributed by atoms with Crippen molar-refractivity contribution >= 4 is 11.7 Å². The lowest BCUT2D eigenvalue weighted by atomic mass is 10.1. The number of ether oxygens (including phenoxy) is 1. The molecule has 0 radical (unpaired) electrons. The van der Waals surface area contributed by atoms with Crippen molar-refractivity contribution in [3.05, 3.63) is 41.7 Å². The maximum atomic E-state index is 11.7. The average Bonchev–Trinajstić information content (AvgIpc) is 2.92. The molecule has 1 amide bonds. The van der Waals surface area contributed by atoms with E-state index in [9.17, 15) is 4.79 Å². The summed E-state index contributed by atoms with van der Waals surface area (Å²) in [7, 11) is 0. The van der Waals surface area contributed by atoms with E-state index in [4.69, 9.17) is 9.26 Å². The van der Waals surface area contributed by atoms with Crippen LogP contribution in [0.1, 0.15) is 37.5 Å². The van der Waals surface area contributed by atoms with Gasteiger partial charge in [-0.3, -0.25) is 4.79 Å². The lowest BCUT2D eigenvalue weighted by Crippen LogP contribution is -2.20. The number of nitrogens with zero attached hydrogens (tertiary/aromatic N) is 1. The van der Waals surface area contributed by atoms with Gasteiger partial charge in [0.15, 0.2) is 12.4 Å². The molecule has 2 aromatic rings. The molecule has 0 aliphatic rings. The summed E-state index contributed by atoms with van der Waals surface area (Å²) in [4.78, 5) is 11.7. The Hall–Kier alpha value is -2.30. The quantitative estimate of drug-likeness (QED) is 0.755. The van der Waals surface area contributed by atoms with Crippen LogP contribution in [0.2, 0.25) is 0 Å². The van der Waals surface area contributed by atoms with E-state index < -0.39 is 0 Å². The van der Waals surface area contributed by atoms with E-state index in [0.29, 0.717) is 17.3 Å². The minimum Gasteiger partial charge on any atom is -0.484 e. The highest BCUT2D eigenvalue weighted by molar-refractivity contribution is 5.90. The molecule has 118 valence electrons. The molecule has 2 rings (SSSR count). The first kappa shape index (κ1) is 16.1. The van der Waals surface area contributed by atoms with E-state index in [1.807, 2.05) is 24.3 Å². The lowest BCUT2D eigenvalue weighted by Gasteiger charge is -2.07. The minimum absolute atomic E-state index is 0.0545. The van der Waals surface area contributed by atoms with Crippen LogP contribution in [0.5, 0.6) is 5.75 Å². The predicted octanol–water partition coefficient (Wildman–Crippen LogP) is 3.73. The van der Waals surface area contributed by atoms with Gasteiger partial charge in [0.05, 0.1) is 0 Å². The van der Waals surface area contributed by atoms with Crippen LogP contribution in [0.15, 0.2) is 34.9 Å². The van der Waals surface area contributed by atoms with Gasteiger partial charge in [0.25, 0.3) is 5.91 Å². The van der Waals surface area contributed by atoms with Crippen LogP contribution in [-0.4, -0.2) is 17.7 Å². The number of aryl methyl sites for hydroxylation is 2. The second kappa shape index (κ2) is 8.22. The molecule has 0 saturated carbocycles. The van der Waals surface area contributed by atoms with Crippen molar-refractivity contribution in [3.8, 4) is 5.75 Å². The van der Waals surface area contributed by atoms with Crippen LogP contribution < -0.4 is 10.1 Å². The van der Waals surface area contributed by atoms with Crippen LogP contribution in [0.3, 0.4) is 0 Å². The predicted molar refractivity (Wildman–Crippen MR) is 85.0 cm³/mol. The standard InChI is InChI=1S/C17H22N2O3/c1-3-4-5-6-14-7-9-15(10-8-14)21-12-17(20)18-16-11-13(2)22-19-16/h7-11H,3-6,12H2,1-2H3,(H,18,19,20). The Balaban J connectivity index is 1.75. The van der Waals surface area contributed by atoms with Gasteiger partial charge in [-0.2, -0.15) is 0 Å². The van der Waals surface area contributed by atoms with Gasteiger partial charge >= 0.3 is 0 Å². The molecule has 1 aromatic heterocycles. The van der Waals surface area contributed by atoms with Gasteiger partial charge < -0.3 is 14.6 Å². The van der Waals surface area contributed by atoms with Crippen molar-refractivity contribution in [2.75, 3.05) is 11.9 Å². The van der Waals surface area contributed by atoms with Crippen molar-refractivity contribution in [2.45, 2.75) is 39.5 Å². The van der Waals surface area contributed by atoms with E-state index in [0.717, 1.165) is 6.42 Å². The summed E-state index contributed by atoms with van der Waals surface area (Å²) in [6.07, 6.45) is 4.76. The SMILES string of the molecule is CCCCCc1ccc(OCC(=O)Nc2cc(C)on2)cc1. The zero-order valence-electron chi connectivity index (χ0n) is 13.1. The zero-order chi connectivity index (χ0) is 15.8. The first-order valence-electron chi connectivity index (χ1n) is 7.62. The fourth-order valence-electron chi connectivity index (χ4n) is 2.08. The molecular weight excluding hydrogens is 280 g/mol. The number of hydrogen-bond acceptors (Lipinski definition) is 4. The molecule has 0 saturated heterocycles. The average molecular weight is 302 g/mol. The highest BCUT2D eigenvalue weighted by Gasteiger charge is 2.07. The number of carbonyl (C=O) groups excluding carboxylic acids is 1. The van der Waals surface area contributed by atoms with Crippen LogP contribution in [0, 0.1) is 6.92 Å². The molecule has 22 heavy (non-hydrogen) atoms. The third kappa shape index (κ3) is 5.24. The number of carbonyl (C=O) groups is 1. The summed E-state index contributed by atoms with van der Waals surface area (Å²) in [5, 5.41) is 6.31. The van der Waals surface area contributed by atoms with E-state index in [1.54, 1.807) is 13.0 Å². The largest absolute Gasteiger partial charge is 0.484 e. The normalized spacial score (nSPS) is 10.5. The van der Waals surface area contributed by atoms with Gasteiger partial charge in [-0.25, -0.2) is 0 Å². The Bertz CT molecular complexity index is 590. The van der Waals surface area contributed by atoms with Crippen LogP contribution in [0.4, 0.5) is 5.82 Å². The molecule has 5 heteroatoms. The second-order valence-corrected chi connectivity index (χ2v) is 5.26. The number of nitrogens with one attached hydrogen (secondary N) is 1. The van der Waals surface area contributed by atoms with E-state index in [2.05, 4.69) is 17.4 Å². The Kier molecular flexibility index (Phi) is 6.01. The summed E-state index contributed by atoms with van der Waals surface area (Å²) in [6.45, 7) is 3.91. The number of anilines is 1. The first-order valence-corrected chi connectivity index (χ1v) is 7.62. The molecule has 0 spiro atoms.